The third kappa shape index (κ3) is 23.0. The largest absolute Gasteiger partial charge is 0.467 e. The minimum Gasteiger partial charge on any atom is -0.467 e. The van der Waals surface area contributed by atoms with Crippen molar-refractivity contribution in [1.29, 1.82) is 0 Å². The molecule has 2 amide bonds. The third-order valence-corrected chi connectivity index (χ3v) is 11.2. The van der Waals surface area contributed by atoms with E-state index in [2.05, 4.69) is 22.8 Å². The van der Waals surface area contributed by atoms with Crippen LogP contribution in [-0.4, -0.2) is 105 Å². The van der Waals surface area contributed by atoms with Crippen LogP contribution in [0.3, 0.4) is 0 Å². The van der Waals surface area contributed by atoms with E-state index in [0.717, 1.165) is 22.3 Å². The highest BCUT2D eigenvalue weighted by Crippen LogP contribution is 2.27. The lowest BCUT2D eigenvalue weighted by molar-refractivity contribution is -0.145. The zero-order valence-corrected chi connectivity index (χ0v) is 42.7. The lowest BCUT2D eigenvalue weighted by atomic mass is 9.80. The minimum absolute atomic E-state index is 0.0302. The lowest BCUT2D eigenvalue weighted by Crippen LogP contribution is -2.47. The maximum atomic E-state index is 12.7. The van der Waals surface area contributed by atoms with Gasteiger partial charge in [0.15, 0.2) is 12.1 Å². The highest BCUT2D eigenvalue weighted by Gasteiger charge is 2.31. The van der Waals surface area contributed by atoms with Gasteiger partial charge in [0, 0.05) is 5.92 Å². The summed E-state index contributed by atoms with van der Waals surface area (Å²) in [6.45, 7) is 14.2. The zero-order chi connectivity index (χ0) is 51.7. The molecule has 0 saturated heterocycles. The fourth-order valence-electron chi connectivity index (χ4n) is 7.81. The second-order valence-electron chi connectivity index (χ2n) is 19.4. The maximum absolute atomic E-state index is 12.7. The van der Waals surface area contributed by atoms with E-state index in [9.17, 15) is 29.1 Å². The second kappa shape index (κ2) is 29.8. The number of hydrogen-bond donors (Lipinski definition) is 3. The van der Waals surface area contributed by atoms with Crippen LogP contribution < -0.4 is 10.6 Å². The molecule has 382 valence electrons. The van der Waals surface area contributed by atoms with Crippen molar-refractivity contribution in [2.24, 2.45) is 23.7 Å². The van der Waals surface area contributed by atoms with Crippen molar-refractivity contribution in [3.63, 3.8) is 0 Å². The molecule has 0 spiro atoms. The molecule has 4 aromatic carbocycles. The second-order valence-corrected chi connectivity index (χ2v) is 19.4. The molecule has 0 aliphatic carbocycles. The van der Waals surface area contributed by atoms with Gasteiger partial charge < -0.3 is 44.2 Å². The van der Waals surface area contributed by atoms with E-state index in [-0.39, 0.29) is 49.3 Å². The summed E-state index contributed by atoms with van der Waals surface area (Å²) in [5.41, 5.74) is 3.03. The summed E-state index contributed by atoms with van der Waals surface area (Å²) in [4.78, 5) is 61.6. The fourth-order valence-corrected chi connectivity index (χ4v) is 7.81. The van der Waals surface area contributed by atoms with Gasteiger partial charge in [-0.3, -0.25) is 4.79 Å². The first-order chi connectivity index (χ1) is 33.2. The molecule has 14 nitrogen and oxygen atoms in total. The molecule has 0 fully saturated rings. The number of carbonyl (C=O) groups excluding carboxylic acids is 5. The number of nitrogens with one attached hydrogen (secondary N) is 2. The number of benzene rings is 4. The van der Waals surface area contributed by atoms with Gasteiger partial charge in [-0.15, -0.1) is 0 Å². The summed E-state index contributed by atoms with van der Waals surface area (Å²) in [6.07, 6.45) is 0.602. The van der Waals surface area contributed by atoms with E-state index >= 15 is 0 Å². The Balaban J connectivity index is 0.000000370. The van der Waals surface area contributed by atoms with Crippen LogP contribution in [0.5, 0.6) is 0 Å². The summed E-state index contributed by atoms with van der Waals surface area (Å²) in [7, 11) is 2.50. The maximum Gasteiger partial charge on any atom is 0.408 e. The molecule has 0 heterocycles. The van der Waals surface area contributed by atoms with Crippen LogP contribution in [0.1, 0.15) is 77.6 Å². The molecule has 7 atom stereocenters. The van der Waals surface area contributed by atoms with Crippen LogP contribution in [0.15, 0.2) is 121 Å². The Bertz CT molecular complexity index is 2140. The predicted molar refractivity (Wildman–Crippen MR) is 269 cm³/mol. The third-order valence-electron chi connectivity index (χ3n) is 11.2. The molecular formula is C56H76N2O12. The summed E-state index contributed by atoms with van der Waals surface area (Å²) >= 11 is 0. The van der Waals surface area contributed by atoms with E-state index in [0.29, 0.717) is 32.3 Å². The molecule has 3 N–H and O–H groups in total. The van der Waals surface area contributed by atoms with E-state index in [4.69, 9.17) is 28.4 Å². The monoisotopic (exact) mass is 969 g/mol. The molecule has 14 heteroatoms. The first kappa shape index (κ1) is 58.2. The summed E-state index contributed by atoms with van der Waals surface area (Å²) in [5.74, 6) is -1.68. The van der Waals surface area contributed by atoms with Crippen molar-refractivity contribution >= 4 is 29.9 Å². The summed E-state index contributed by atoms with van der Waals surface area (Å²) < 4.78 is 32.1. The molecule has 0 radical (unpaired) electrons. The van der Waals surface area contributed by atoms with Crippen molar-refractivity contribution < 1.29 is 57.5 Å². The van der Waals surface area contributed by atoms with Crippen LogP contribution in [0.2, 0.25) is 0 Å². The van der Waals surface area contributed by atoms with E-state index in [1.807, 2.05) is 109 Å². The number of aliphatic hydroxyl groups excluding tert-OH is 1. The van der Waals surface area contributed by atoms with Gasteiger partial charge >= 0.3 is 24.1 Å². The van der Waals surface area contributed by atoms with Gasteiger partial charge in [-0.25, -0.2) is 19.2 Å². The molecule has 0 bridgehead atoms. The Hall–Kier alpha value is -6.09. The van der Waals surface area contributed by atoms with Crippen LogP contribution in [-0.2, 0) is 68.5 Å². The van der Waals surface area contributed by atoms with Crippen LogP contribution in [0.4, 0.5) is 9.59 Å². The van der Waals surface area contributed by atoms with Crippen LogP contribution in [0, 0.1) is 23.7 Å². The van der Waals surface area contributed by atoms with Gasteiger partial charge in [0.1, 0.15) is 17.0 Å². The molecule has 4 rings (SSSR count). The number of esters is 2. The first-order valence-corrected chi connectivity index (χ1v) is 23.8. The van der Waals surface area contributed by atoms with Gasteiger partial charge in [0.25, 0.3) is 0 Å². The Morgan fingerprint density at radius 3 is 1.16 bits per heavy atom. The molecule has 0 saturated carbocycles. The van der Waals surface area contributed by atoms with E-state index in [1.54, 1.807) is 55.4 Å². The van der Waals surface area contributed by atoms with Gasteiger partial charge in [0.05, 0.1) is 46.8 Å². The number of alkyl carbamates (subject to hydrolysis) is 2. The number of amides is 2. The van der Waals surface area contributed by atoms with Crippen molar-refractivity contribution in [3.05, 3.63) is 144 Å². The number of ketones is 1. The number of aliphatic hydroxyl groups is 1. The number of Topliss-reactive ketones (excluding diaryl/α,β-unsaturated/α-hetero) is 1. The average molecular weight is 969 g/mol. The lowest BCUT2D eigenvalue weighted by Gasteiger charge is -2.30. The molecule has 0 aromatic heterocycles. The normalized spacial score (nSPS) is 14.4. The quantitative estimate of drug-likeness (QED) is 0.0450. The van der Waals surface area contributed by atoms with Crippen molar-refractivity contribution in [3.8, 4) is 0 Å². The summed E-state index contributed by atoms with van der Waals surface area (Å²) in [5, 5.41) is 15.7. The summed E-state index contributed by atoms with van der Waals surface area (Å²) in [6, 6.07) is 37.8. The highest BCUT2D eigenvalue weighted by molar-refractivity contribution is 5.82. The van der Waals surface area contributed by atoms with Gasteiger partial charge in [-0.05, 0) is 121 Å². The zero-order valence-electron chi connectivity index (χ0n) is 42.7. The number of rotatable bonds is 24. The molecule has 4 aromatic rings. The fraction of sp³-hybridized carbons (Fsp3) is 0.482. The number of methoxy groups -OCH3 is 2. The van der Waals surface area contributed by atoms with Crippen LogP contribution >= 0.6 is 0 Å². The Kier molecular flexibility index (Phi) is 24.8. The molecule has 0 unspecified atom stereocenters. The molecule has 0 aliphatic rings. The Labute approximate surface area is 415 Å². The first-order valence-electron chi connectivity index (χ1n) is 23.8. The molecule has 0 aliphatic heterocycles. The predicted octanol–water partition coefficient (Wildman–Crippen LogP) is 8.54. The highest BCUT2D eigenvalue weighted by atomic mass is 16.6. The number of carbonyl (C=O) groups is 5. The smallest absolute Gasteiger partial charge is 0.408 e. The van der Waals surface area contributed by atoms with Crippen molar-refractivity contribution in [2.45, 2.75) is 110 Å². The van der Waals surface area contributed by atoms with Crippen molar-refractivity contribution in [2.75, 3.05) is 40.6 Å². The number of ether oxygens (including phenoxy) is 6. The van der Waals surface area contributed by atoms with Gasteiger partial charge in [0.2, 0.25) is 0 Å². The Morgan fingerprint density at radius 2 is 0.829 bits per heavy atom. The topological polar surface area (TPSA) is 185 Å². The molecular weight excluding hydrogens is 893 g/mol. The van der Waals surface area contributed by atoms with E-state index < -0.39 is 53.5 Å². The van der Waals surface area contributed by atoms with Crippen molar-refractivity contribution in [1.82, 2.24) is 10.6 Å². The Morgan fingerprint density at radius 1 is 0.500 bits per heavy atom. The van der Waals surface area contributed by atoms with E-state index in [1.165, 1.54) is 14.2 Å². The van der Waals surface area contributed by atoms with Crippen LogP contribution in [0.25, 0.3) is 0 Å². The average Bonchev–Trinajstić information content (AvgIpc) is 3.31. The van der Waals surface area contributed by atoms with Gasteiger partial charge in [-0.1, -0.05) is 121 Å². The SMILES string of the molecule is COC(=O)[C@H](COC[C@H](Cc1ccccc1)[C@@H](Cc1ccccc1)C(C)=O)NC(=O)OC(C)(C)C.COC(=O)[C@H](COC[C@H](Cc1ccccc1)[C@@H](Cc1ccccc1)[C@H](C)O)NC(=O)OC(C)(C)C. The standard InChI is InChI=1S/C28H39NO6.C28H37NO6/c2*1-20(30)24(17-22-14-10-7-11-15-22)23(16-21-12-8-6-9-13-21)18-34-19-25(26(31)33-5)29-27(32)35-28(2,3)4/h6-15,20,23-25,30H,16-19H2,1-5H3,(H,29,32);6-15,23-25H,16-19H2,1-5H3,(H,29,32)/t20-,23-,24-,25-;23-,24-,25-/m00/s1. The number of hydrogen-bond acceptors (Lipinski definition) is 12. The minimum atomic E-state index is -1.03. The van der Waals surface area contributed by atoms with Gasteiger partial charge in [-0.2, -0.15) is 0 Å². The molecule has 70 heavy (non-hydrogen) atoms.